The van der Waals surface area contributed by atoms with Crippen LogP contribution in [-0.2, 0) is 9.59 Å². The van der Waals surface area contributed by atoms with E-state index < -0.39 is 35.8 Å². The third-order valence-electron chi connectivity index (χ3n) is 6.31. The molecule has 0 bridgehead atoms. The number of aliphatic carboxylic acids is 2. The molecule has 1 aromatic rings. The summed E-state index contributed by atoms with van der Waals surface area (Å²) in [4.78, 5) is 52.5. The molecule has 4 N–H and O–H groups in total. The summed E-state index contributed by atoms with van der Waals surface area (Å²) in [6.07, 6.45) is 1.38. The molecule has 10 heteroatoms. The molecule has 0 saturated carbocycles. The highest BCUT2D eigenvalue weighted by Gasteiger charge is 2.35. The Morgan fingerprint density at radius 3 is 1.38 bits per heavy atom. The maximum absolute atomic E-state index is 12.6. The van der Waals surface area contributed by atoms with Crippen molar-refractivity contribution in [2.75, 3.05) is 40.3 Å². The van der Waals surface area contributed by atoms with Crippen LogP contribution in [0.25, 0.3) is 0 Å². The summed E-state index contributed by atoms with van der Waals surface area (Å²) in [6, 6.07) is 3.76. The lowest BCUT2D eigenvalue weighted by Crippen LogP contribution is -2.47. The first kappa shape index (κ1) is 23.7. The maximum Gasteiger partial charge on any atom is 0.326 e. The summed E-state index contributed by atoms with van der Waals surface area (Å²) < 4.78 is 0. The molecule has 2 fully saturated rings. The first-order chi connectivity index (χ1) is 15.2. The van der Waals surface area contributed by atoms with Gasteiger partial charge in [0.25, 0.3) is 11.8 Å². The van der Waals surface area contributed by atoms with Gasteiger partial charge in [-0.2, -0.15) is 0 Å². The zero-order valence-electron chi connectivity index (χ0n) is 18.3. The fraction of sp³-hybridized carbons (Fsp3) is 0.545. The van der Waals surface area contributed by atoms with Gasteiger partial charge >= 0.3 is 11.9 Å². The number of hydrogen-bond donors (Lipinski definition) is 4. The number of nitrogens with one attached hydrogen (secondary N) is 2. The van der Waals surface area contributed by atoms with Gasteiger partial charge in [0.05, 0.1) is 0 Å². The molecule has 0 aliphatic carbocycles. The van der Waals surface area contributed by atoms with E-state index >= 15 is 0 Å². The van der Waals surface area contributed by atoms with Crippen LogP contribution in [0.4, 0.5) is 0 Å². The summed E-state index contributed by atoms with van der Waals surface area (Å²) in [7, 11) is 3.81. The van der Waals surface area contributed by atoms with Gasteiger partial charge in [0, 0.05) is 36.1 Å². The van der Waals surface area contributed by atoms with Crippen molar-refractivity contribution in [2.24, 2.45) is 11.8 Å². The zero-order valence-corrected chi connectivity index (χ0v) is 18.3. The Morgan fingerprint density at radius 1 is 0.781 bits per heavy atom. The molecule has 2 aliphatic heterocycles. The monoisotopic (exact) mass is 446 g/mol. The van der Waals surface area contributed by atoms with E-state index in [4.69, 9.17) is 0 Å². The quantitative estimate of drug-likeness (QED) is 0.436. The number of likely N-dealkylation sites (tertiary alicyclic amines) is 2. The van der Waals surface area contributed by atoms with Gasteiger partial charge in [-0.25, -0.2) is 9.59 Å². The van der Waals surface area contributed by atoms with Crippen molar-refractivity contribution in [3.05, 3.63) is 35.4 Å². The van der Waals surface area contributed by atoms with Gasteiger partial charge in [-0.1, -0.05) is 0 Å². The summed E-state index contributed by atoms with van der Waals surface area (Å²) in [5.74, 6) is -3.56. The van der Waals surface area contributed by atoms with Gasteiger partial charge in [0.2, 0.25) is 0 Å². The average molecular weight is 447 g/mol. The fourth-order valence-corrected chi connectivity index (χ4v) is 4.47. The lowest BCUT2D eigenvalue weighted by Gasteiger charge is -2.21. The number of carboxylic acids is 2. The summed E-state index contributed by atoms with van der Waals surface area (Å²) in [6.45, 7) is 2.75. The topological polar surface area (TPSA) is 139 Å². The summed E-state index contributed by atoms with van der Waals surface area (Å²) in [5.41, 5.74) is 0.456. The molecule has 32 heavy (non-hydrogen) atoms. The summed E-state index contributed by atoms with van der Waals surface area (Å²) >= 11 is 0. The second-order valence-corrected chi connectivity index (χ2v) is 8.78. The predicted octanol–water partition coefficient (Wildman–Crippen LogP) is -0.0440. The molecular weight excluding hydrogens is 416 g/mol. The predicted molar refractivity (Wildman–Crippen MR) is 115 cm³/mol. The Balaban J connectivity index is 1.63. The number of carbonyl (C=O) groups is 4. The average Bonchev–Trinajstić information content (AvgIpc) is 3.37. The molecule has 2 saturated heterocycles. The van der Waals surface area contributed by atoms with Crippen molar-refractivity contribution >= 4 is 23.8 Å². The van der Waals surface area contributed by atoms with Crippen molar-refractivity contribution in [1.82, 2.24) is 20.4 Å². The van der Waals surface area contributed by atoms with E-state index in [2.05, 4.69) is 10.6 Å². The smallest absolute Gasteiger partial charge is 0.326 e. The first-order valence-electron chi connectivity index (χ1n) is 10.7. The molecule has 0 spiro atoms. The van der Waals surface area contributed by atoms with Crippen LogP contribution < -0.4 is 10.6 Å². The van der Waals surface area contributed by atoms with E-state index in [1.165, 1.54) is 24.3 Å². The van der Waals surface area contributed by atoms with E-state index in [0.717, 1.165) is 13.1 Å². The van der Waals surface area contributed by atoms with E-state index in [9.17, 15) is 29.4 Å². The molecule has 10 nitrogen and oxygen atoms in total. The number of rotatable bonds is 8. The van der Waals surface area contributed by atoms with Crippen LogP contribution in [-0.4, -0.2) is 96.1 Å². The molecule has 4 atom stereocenters. The highest BCUT2D eigenvalue weighted by Crippen LogP contribution is 2.20. The number of hydrogen-bond acceptors (Lipinski definition) is 6. The molecule has 2 unspecified atom stereocenters. The Hall–Kier alpha value is -2.98. The van der Waals surface area contributed by atoms with Gasteiger partial charge in [-0.05, 0) is 64.3 Å². The minimum Gasteiger partial charge on any atom is -0.480 e. The number of carbonyl (C=O) groups excluding carboxylic acids is 2. The Kier molecular flexibility index (Phi) is 7.47. The van der Waals surface area contributed by atoms with Crippen LogP contribution in [0.2, 0.25) is 0 Å². The molecule has 174 valence electrons. The zero-order chi connectivity index (χ0) is 23.4. The largest absolute Gasteiger partial charge is 0.480 e. The van der Waals surface area contributed by atoms with Crippen LogP contribution in [0, 0.1) is 11.8 Å². The summed E-state index contributed by atoms with van der Waals surface area (Å²) in [5, 5.41) is 24.2. The fourth-order valence-electron chi connectivity index (χ4n) is 4.47. The van der Waals surface area contributed by atoms with Crippen molar-refractivity contribution < 1.29 is 29.4 Å². The van der Waals surface area contributed by atoms with Gasteiger partial charge in [0.15, 0.2) is 0 Å². The molecule has 1 aromatic carbocycles. The van der Waals surface area contributed by atoms with Crippen molar-refractivity contribution in [3.63, 3.8) is 0 Å². The standard InChI is InChI=1S/C22H30N4O6/c1-25-9-7-15(11-25)17(21(29)30)23-19(27)13-3-5-14(6-4-13)20(28)24-18(22(31)32)16-8-10-26(2)12-16/h3-6,15-18H,7-12H2,1-2H3,(H,23,27)(H,24,28)(H,29,30)(H,31,32)/t15-,16-,17?,18?/m1/s1. The Labute approximate surface area is 186 Å². The van der Waals surface area contributed by atoms with E-state index in [1.54, 1.807) is 0 Å². The number of carboxylic acid groups (broad SMARTS) is 2. The maximum atomic E-state index is 12.6. The number of amides is 2. The lowest BCUT2D eigenvalue weighted by molar-refractivity contribution is -0.141. The Bertz CT molecular complexity index is 803. The molecule has 2 heterocycles. The van der Waals surface area contributed by atoms with Crippen molar-refractivity contribution in [1.29, 1.82) is 0 Å². The molecule has 0 aromatic heterocycles. The second-order valence-electron chi connectivity index (χ2n) is 8.78. The van der Waals surface area contributed by atoms with Crippen LogP contribution in [0.15, 0.2) is 24.3 Å². The van der Waals surface area contributed by atoms with Crippen LogP contribution in [0.5, 0.6) is 0 Å². The van der Waals surface area contributed by atoms with E-state index in [0.29, 0.717) is 25.9 Å². The molecular formula is C22H30N4O6. The van der Waals surface area contributed by atoms with Gasteiger partial charge in [-0.15, -0.1) is 0 Å². The van der Waals surface area contributed by atoms with E-state index in [1.807, 2.05) is 23.9 Å². The highest BCUT2D eigenvalue weighted by atomic mass is 16.4. The third kappa shape index (κ3) is 5.63. The second kappa shape index (κ2) is 10.1. The minimum absolute atomic E-state index is 0.172. The molecule has 2 aliphatic rings. The highest BCUT2D eigenvalue weighted by molar-refractivity contribution is 6.00. The lowest BCUT2D eigenvalue weighted by atomic mass is 9.98. The molecule has 3 rings (SSSR count). The SMILES string of the molecule is CN1CC[C@@H](C(NC(=O)c2ccc(C(=O)NC(C(=O)O)[C@@H]3CCN(C)C3)cc2)C(=O)O)C1. The van der Waals surface area contributed by atoms with Gasteiger partial charge in [-0.3, -0.25) is 9.59 Å². The number of benzene rings is 1. The van der Waals surface area contributed by atoms with Crippen molar-refractivity contribution in [3.8, 4) is 0 Å². The minimum atomic E-state index is -1.08. The van der Waals surface area contributed by atoms with E-state index in [-0.39, 0.29) is 23.0 Å². The van der Waals surface area contributed by atoms with Gasteiger partial charge in [0.1, 0.15) is 12.1 Å². The van der Waals surface area contributed by atoms with Crippen LogP contribution >= 0.6 is 0 Å². The molecule has 2 amide bonds. The van der Waals surface area contributed by atoms with Crippen LogP contribution in [0.3, 0.4) is 0 Å². The Morgan fingerprint density at radius 2 is 1.12 bits per heavy atom. The molecule has 0 radical (unpaired) electrons. The van der Waals surface area contributed by atoms with Crippen molar-refractivity contribution in [2.45, 2.75) is 24.9 Å². The van der Waals surface area contributed by atoms with Gasteiger partial charge < -0.3 is 30.6 Å². The number of nitrogens with zero attached hydrogens (tertiary/aromatic N) is 2. The first-order valence-corrected chi connectivity index (χ1v) is 10.7. The third-order valence-corrected chi connectivity index (χ3v) is 6.31. The normalized spacial score (nSPS) is 23.4. The van der Waals surface area contributed by atoms with Crippen LogP contribution in [0.1, 0.15) is 33.6 Å².